The number of anilines is 1. The molecule has 1 aliphatic heterocycles. The lowest BCUT2D eigenvalue weighted by molar-refractivity contribution is 0.0697. The van der Waals surface area contributed by atoms with Gasteiger partial charge in [-0.3, -0.25) is 4.90 Å². The van der Waals surface area contributed by atoms with Crippen LogP contribution < -0.4 is 4.90 Å². The van der Waals surface area contributed by atoms with Crippen LogP contribution in [0.1, 0.15) is 15.9 Å². The molecule has 1 heterocycles. The van der Waals surface area contributed by atoms with Gasteiger partial charge in [0.2, 0.25) is 0 Å². The molecule has 6 nitrogen and oxygen atoms in total. The Hall–Kier alpha value is -2.08. The second-order valence-electron chi connectivity index (χ2n) is 5.56. The Morgan fingerprint density at radius 1 is 1.24 bits per heavy atom. The summed E-state index contributed by atoms with van der Waals surface area (Å²) in [5, 5.41) is 9.01. The van der Waals surface area contributed by atoms with Crippen molar-refractivity contribution < 1.29 is 14.7 Å². The van der Waals surface area contributed by atoms with E-state index >= 15 is 0 Å². The molecule has 0 unspecified atom stereocenters. The third kappa shape index (κ3) is 3.33. The molecule has 0 atom stereocenters. The molecule has 2 rings (SSSR count). The number of aromatic carboxylic acids is 1. The second-order valence-corrected chi connectivity index (χ2v) is 5.56. The molecule has 114 valence electrons. The zero-order valence-corrected chi connectivity index (χ0v) is 12.7. The van der Waals surface area contributed by atoms with Crippen LogP contribution in [-0.2, 0) is 6.42 Å². The van der Waals surface area contributed by atoms with Crippen molar-refractivity contribution in [2.45, 2.75) is 6.42 Å². The van der Waals surface area contributed by atoms with Crippen LogP contribution in [0.25, 0.3) is 0 Å². The number of carboxylic acid groups (broad SMARTS) is 1. The Bertz CT molecular complexity index is 557. The number of amides is 2. The van der Waals surface area contributed by atoms with E-state index in [0.29, 0.717) is 19.5 Å². The highest BCUT2D eigenvalue weighted by Gasteiger charge is 2.27. The van der Waals surface area contributed by atoms with Crippen LogP contribution in [-0.4, -0.2) is 67.7 Å². The molecule has 1 aromatic carbocycles. The Labute approximate surface area is 124 Å². The first-order valence-electron chi connectivity index (χ1n) is 6.93. The maximum Gasteiger partial charge on any atom is 0.335 e. The number of hydrogen-bond donors (Lipinski definition) is 1. The van der Waals surface area contributed by atoms with E-state index in [1.54, 1.807) is 35.0 Å². The van der Waals surface area contributed by atoms with Gasteiger partial charge in [0, 0.05) is 32.4 Å². The molecule has 0 saturated carbocycles. The summed E-state index contributed by atoms with van der Waals surface area (Å²) >= 11 is 0. The number of nitrogens with zero attached hydrogens (tertiary/aromatic N) is 3. The van der Waals surface area contributed by atoms with E-state index in [2.05, 4.69) is 0 Å². The number of rotatable bonds is 4. The Morgan fingerprint density at radius 3 is 2.57 bits per heavy atom. The third-order valence-electron chi connectivity index (χ3n) is 3.66. The summed E-state index contributed by atoms with van der Waals surface area (Å²) < 4.78 is 0. The number of hydrogen-bond acceptors (Lipinski definition) is 3. The zero-order valence-electron chi connectivity index (χ0n) is 12.7. The summed E-state index contributed by atoms with van der Waals surface area (Å²) in [7, 11) is 5.73. The molecule has 0 aliphatic carbocycles. The Kier molecular flexibility index (Phi) is 4.47. The van der Waals surface area contributed by atoms with Crippen molar-refractivity contribution in [1.29, 1.82) is 0 Å². The van der Waals surface area contributed by atoms with Crippen molar-refractivity contribution in [3.8, 4) is 0 Å². The van der Waals surface area contributed by atoms with Crippen molar-refractivity contribution in [2.75, 3.05) is 45.7 Å². The topological polar surface area (TPSA) is 64.1 Å². The smallest absolute Gasteiger partial charge is 0.335 e. The van der Waals surface area contributed by atoms with Gasteiger partial charge < -0.3 is 14.9 Å². The van der Waals surface area contributed by atoms with E-state index in [1.807, 2.05) is 19.0 Å². The van der Waals surface area contributed by atoms with Gasteiger partial charge in [-0.25, -0.2) is 9.59 Å². The van der Waals surface area contributed by atoms with Gasteiger partial charge in [0.1, 0.15) is 0 Å². The molecule has 0 aromatic heterocycles. The molecule has 1 aromatic rings. The predicted octanol–water partition coefficient (Wildman–Crippen LogP) is 1.36. The summed E-state index contributed by atoms with van der Waals surface area (Å²) in [6.45, 7) is 2.06. The molecule has 21 heavy (non-hydrogen) atoms. The van der Waals surface area contributed by atoms with Crippen LogP contribution in [0.15, 0.2) is 18.2 Å². The van der Waals surface area contributed by atoms with Crippen LogP contribution >= 0.6 is 0 Å². The van der Waals surface area contributed by atoms with Crippen molar-refractivity contribution >= 4 is 17.7 Å². The quantitative estimate of drug-likeness (QED) is 0.910. The standard InChI is InChI=1S/C15H21N3O3/c1-16(2)8-9-17(3)15(21)18-7-6-11-10-12(14(19)20)4-5-13(11)18/h4-5,10H,6-9H2,1-3H3,(H,19,20). The molecule has 0 bridgehead atoms. The van der Waals surface area contributed by atoms with E-state index in [1.165, 1.54) is 0 Å². The van der Waals surface area contributed by atoms with Crippen LogP contribution in [0.5, 0.6) is 0 Å². The molecular weight excluding hydrogens is 270 g/mol. The van der Waals surface area contributed by atoms with Gasteiger partial charge in [0.15, 0.2) is 0 Å². The minimum atomic E-state index is -0.939. The van der Waals surface area contributed by atoms with Gasteiger partial charge >= 0.3 is 12.0 Å². The summed E-state index contributed by atoms with van der Waals surface area (Å²) in [6, 6.07) is 4.89. The SMILES string of the molecule is CN(C)CCN(C)C(=O)N1CCc2cc(C(=O)O)ccc21. The molecule has 1 aliphatic rings. The third-order valence-corrected chi connectivity index (χ3v) is 3.66. The summed E-state index contributed by atoms with van der Waals surface area (Å²) in [4.78, 5) is 28.9. The normalized spacial score (nSPS) is 13.4. The fourth-order valence-corrected chi connectivity index (χ4v) is 2.39. The van der Waals surface area contributed by atoms with E-state index in [0.717, 1.165) is 17.8 Å². The number of carbonyl (C=O) groups excluding carboxylic acids is 1. The molecule has 0 spiro atoms. The number of carbonyl (C=O) groups is 2. The van der Waals surface area contributed by atoms with Crippen molar-refractivity contribution in [3.63, 3.8) is 0 Å². The van der Waals surface area contributed by atoms with Crippen molar-refractivity contribution in [3.05, 3.63) is 29.3 Å². The first-order valence-corrected chi connectivity index (χ1v) is 6.93. The summed E-state index contributed by atoms with van der Waals surface area (Å²) in [5.74, 6) is -0.939. The number of carboxylic acids is 1. The highest BCUT2D eigenvalue weighted by molar-refractivity contribution is 5.95. The number of likely N-dealkylation sites (N-methyl/N-ethyl adjacent to an activating group) is 2. The van der Waals surface area contributed by atoms with Gasteiger partial charge in [0.25, 0.3) is 0 Å². The number of benzene rings is 1. The molecule has 0 radical (unpaired) electrons. The zero-order chi connectivity index (χ0) is 15.6. The number of fused-ring (bicyclic) bond motifs is 1. The first-order chi connectivity index (χ1) is 9.90. The van der Waals surface area contributed by atoms with Gasteiger partial charge in [-0.05, 0) is 44.3 Å². The highest BCUT2D eigenvalue weighted by Crippen LogP contribution is 2.29. The maximum atomic E-state index is 12.5. The van der Waals surface area contributed by atoms with Crippen LogP contribution in [0.2, 0.25) is 0 Å². The molecular formula is C15H21N3O3. The number of urea groups is 1. The predicted molar refractivity (Wildman–Crippen MR) is 81.0 cm³/mol. The van der Waals surface area contributed by atoms with Crippen LogP contribution in [0.3, 0.4) is 0 Å². The molecule has 0 fully saturated rings. The van der Waals surface area contributed by atoms with E-state index in [-0.39, 0.29) is 11.6 Å². The van der Waals surface area contributed by atoms with Gasteiger partial charge in [-0.1, -0.05) is 0 Å². The van der Waals surface area contributed by atoms with Crippen LogP contribution in [0.4, 0.5) is 10.5 Å². The first kappa shape index (κ1) is 15.3. The Morgan fingerprint density at radius 2 is 1.95 bits per heavy atom. The summed E-state index contributed by atoms with van der Waals surface area (Å²) in [6.07, 6.45) is 0.698. The lowest BCUT2D eigenvalue weighted by Gasteiger charge is -2.26. The molecule has 1 N–H and O–H groups in total. The fraction of sp³-hybridized carbons (Fsp3) is 0.467. The van der Waals surface area contributed by atoms with Crippen molar-refractivity contribution in [2.24, 2.45) is 0 Å². The fourth-order valence-electron chi connectivity index (χ4n) is 2.39. The molecule has 6 heteroatoms. The highest BCUT2D eigenvalue weighted by atomic mass is 16.4. The van der Waals surface area contributed by atoms with Gasteiger partial charge in [0.05, 0.1) is 5.56 Å². The lowest BCUT2D eigenvalue weighted by atomic mass is 10.1. The monoisotopic (exact) mass is 291 g/mol. The van der Waals surface area contributed by atoms with Gasteiger partial charge in [-0.15, -0.1) is 0 Å². The van der Waals surface area contributed by atoms with Gasteiger partial charge in [-0.2, -0.15) is 0 Å². The van der Waals surface area contributed by atoms with Crippen LogP contribution in [0, 0.1) is 0 Å². The molecule has 2 amide bonds. The minimum Gasteiger partial charge on any atom is -0.478 e. The largest absolute Gasteiger partial charge is 0.478 e. The van der Waals surface area contributed by atoms with Crippen molar-refractivity contribution in [1.82, 2.24) is 9.80 Å². The summed E-state index contributed by atoms with van der Waals surface area (Å²) in [5.41, 5.74) is 2.01. The van der Waals surface area contributed by atoms with E-state index < -0.39 is 5.97 Å². The second kappa shape index (κ2) is 6.13. The van der Waals surface area contributed by atoms with E-state index in [9.17, 15) is 9.59 Å². The average Bonchev–Trinajstić information content (AvgIpc) is 2.86. The van der Waals surface area contributed by atoms with E-state index in [4.69, 9.17) is 5.11 Å². The lowest BCUT2D eigenvalue weighted by Crippen LogP contribution is -2.42. The molecule has 0 saturated heterocycles. The maximum absolute atomic E-state index is 12.5. The average molecular weight is 291 g/mol. The minimum absolute atomic E-state index is 0.0429. The Balaban J connectivity index is 2.11.